The first kappa shape index (κ1) is 15.5. The Kier molecular flexibility index (Phi) is 3.97. The van der Waals surface area contributed by atoms with Crippen LogP contribution in [-0.4, -0.2) is 37.2 Å². The molecule has 3 atom stereocenters. The number of benzene rings is 1. The van der Waals surface area contributed by atoms with Crippen LogP contribution in [0.5, 0.6) is 11.5 Å². The predicted molar refractivity (Wildman–Crippen MR) is 76.2 cm³/mol. The van der Waals surface area contributed by atoms with Crippen molar-refractivity contribution in [3.63, 3.8) is 0 Å². The summed E-state index contributed by atoms with van der Waals surface area (Å²) < 4.78 is 49.3. The molecule has 1 aromatic carbocycles. The van der Waals surface area contributed by atoms with E-state index in [1.807, 2.05) is 0 Å². The molecule has 2 bridgehead atoms. The number of fused-ring (bicyclic) bond motifs is 2. The van der Waals surface area contributed by atoms with E-state index >= 15 is 0 Å². The molecule has 122 valence electrons. The Bertz CT molecular complexity index is 533. The normalized spacial score (nSPS) is 28.7. The molecule has 0 amide bonds. The van der Waals surface area contributed by atoms with Crippen LogP contribution in [0.1, 0.15) is 31.2 Å². The van der Waals surface area contributed by atoms with Crippen molar-refractivity contribution in [2.45, 2.75) is 50.0 Å². The molecular weight excluding hydrogens is 295 g/mol. The Morgan fingerprint density at radius 2 is 1.73 bits per heavy atom. The second-order valence-electron chi connectivity index (χ2n) is 6.13. The fourth-order valence-electron chi connectivity index (χ4n) is 3.58. The van der Waals surface area contributed by atoms with Gasteiger partial charge in [-0.3, -0.25) is 0 Å². The van der Waals surface area contributed by atoms with Crippen molar-refractivity contribution < 1.29 is 22.6 Å². The van der Waals surface area contributed by atoms with Crippen molar-refractivity contribution in [1.29, 1.82) is 0 Å². The third kappa shape index (κ3) is 2.89. The van der Waals surface area contributed by atoms with E-state index in [1.54, 1.807) is 0 Å². The lowest BCUT2D eigenvalue weighted by atomic mass is 10.0. The molecular formula is C16H20F3NO2. The molecule has 22 heavy (non-hydrogen) atoms. The lowest BCUT2D eigenvalue weighted by molar-refractivity contribution is -0.137. The highest BCUT2D eigenvalue weighted by molar-refractivity contribution is 5.44. The second-order valence-corrected chi connectivity index (χ2v) is 6.13. The fraction of sp³-hybridized carbons (Fsp3) is 0.625. The van der Waals surface area contributed by atoms with Gasteiger partial charge in [0.2, 0.25) is 0 Å². The molecule has 0 aromatic heterocycles. The monoisotopic (exact) mass is 315 g/mol. The second kappa shape index (κ2) is 5.65. The molecule has 0 aliphatic carbocycles. The summed E-state index contributed by atoms with van der Waals surface area (Å²) in [4.78, 5) is 2.39. The first-order chi connectivity index (χ1) is 10.4. The maximum absolute atomic E-state index is 12.7. The zero-order chi connectivity index (χ0) is 15.9. The van der Waals surface area contributed by atoms with Gasteiger partial charge in [0.15, 0.2) is 11.5 Å². The summed E-state index contributed by atoms with van der Waals surface area (Å²) in [5, 5.41) is 0. The molecule has 1 aromatic rings. The Balaban J connectivity index is 1.75. The molecule has 3 rings (SSSR count). The lowest BCUT2D eigenvalue weighted by Gasteiger charge is -2.36. The summed E-state index contributed by atoms with van der Waals surface area (Å²) in [5.74, 6) is 0.533. The smallest absolute Gasteiger partial charge is 0.416 e. The van der Waals surface area contributed by atoms with E-state index in [0.717, 1.165) is 25.0 Å². The summed E-state index contributed by atoms with van der Waals surface area (Å²) in [7, 11) is 3.50. The van der Waals surface area contributed by atoms with Crippen molar-refractivity contribution in [2.75, 3.05) is 14.2 Å². The van der Waals surface area contributed by atoms with E-state index < -0.39 is 11.7 Å². The Hall–Kier alpha value is -1.43. The van der Waals surface area contributed by atoms with Crippen LogP contribution in [0.4, 0.5) is 13.2 Å². The van der Waals surface area contributed by atoms with Crippen LogP contribution in [0.2, 0.25) is 0 Å². The van der Waals surface area contributed by atoms with E-state index in [4.69, 9.17) is 9.47 Å². The first-order valence-corrected chi connectivity index (χ1v) is 7.52. The van der Waals surface area contributed by atoms with Crippen LogP contribution in [-0.2, 0) is 6.18 Å². The summed E-state index contributed by atoms with van der Waals surface area (Å²) >= 11 is 0. The largest absolute Gasteiger partial charge is 0.493 e. The zero-order valence-corrected chi connectivity index (χ0v) is 12.7. The number of hydrogen-bond donors (Lipinski definition) is 0. The van der Waals surface area contributed by atoms with Gasteiger partial charge in [0.1, 0.15) is 6.10 Å². The third-order valence-electron chi connectivity index (χ3n) is 4.84. The number of hydrogen-bond acceptors (Lipinski definition) is 3. The molecule has 2 aliphatic heterocycles. The van der Waals surface area contributed by atoms with Gasteiger partial charge in [0, 0.05) is 12.1 Å². The molecule has 6 heteroatoms. The van der Waals surface area contributed by atoms with E-state index in [9.17, 15) is 13.2 Å². The van der Waals surface area contributed by atoms with Crippen LogP contribution in [0.25, 0.3) is 0 Å². The lowest BCUT2D eigenvalue weighted by Crippen LogP contribution is -2.43. The topological polar surface area (TPSA) is 21.7 Å². The average Bonchev–Trinajstić information content (AvgIpc) is 2.69. The Morgan fingerprint density at radius 3 is 2.27 bits per heavy atom. The number of ether oxygens (including phenoxy) is 2. The van der Waals surface area contributed by atoms with Crippen LogP contribution in [0, 0.1) is 0 Å². The Labute approximate surface area is 128 Å². The number of methoxy groups -OCH3 is 1. The average molecular weight is 315 g/mol. The predicted octanol–water partition coefficient (Wildman–Crippen LogP) is 3.72. The molecule has 2 saturated heterocycles. The quantitative estimate of drug-likeness (QED) is 0.848. The van der Waals surface area contributed by atoms with Crippen molar-refractivity contribution in [1.82, 2.24) is 4.90 Å². The highest BCUT2D eigenvalue weighted by Gasteiger charge is 2.39. The number of alkyl halides is 3. The Morgan fingerprint density at radius 1 is 1.09 bits per heavy atom. The standard InChI is InChI=1S/C16H20F3NO2/c1-20-11-4-5-12(20)9-13(8-11)22-14-6-3-10(16(17,18)19)7-15(14)21-2/h3,6-7,11-13H,4-5,8-9H2,1-2H3/t11-,12+,13?. The van der Waals surface area contributed by atoms with Crippen molar-refractivity contribution in [2.24, 2.45) is 0 Å². The van der Waals surface area contributed by atoms with Gasteiger partial charge in [0.05, 0.1) is 12.7 Å². The fourth-order valence-corrected chi connectivity index (χ4v) is 3.58. The van der Waals surface area contributed by atoms with Crippen LogP contribution < -0.4 is 9.47 Å². The SMILES string of the molecule is COc1cc(C(F)(F)F)ccc1OC1C[C@H]2CC[C@@H](C1)N2C. The number of rotatable bonds is 3. The van der Waals surface area contributed by atoms with Crippen LogP contribution in [0.15, 0.2) is 18.2 Å². The van der Waals surface area contributed by atoms with E-state index in [1.165, 1.54) is 26.0 Å². The molecule has 0 radical (unpaired) electrons. The number of piperidine rings is 1. The van der Waals surface area contributed by atoms with Gasteiger partial charge in [-0.25, -0.2) is 0 Å². The highest BCUT2D eigenvalue weighted by Crippen LogP contribution is 2.40. The molecule has 2 aliphatic rings. The van der Waals surface area contributed by atoms with Gasteiger partial charge >= 0.3 is 6.18 Å². The molecule has 2 heterocycles. The van der Waals surface area contributed by atoms with Crippen molar-refractivity contribution >= 4 is 0 Å². The molecule has 0 saturated carbocycles. The van der Waals surface area contributed by atoms with E-state index in [2.05, 4.69) is 11.9 Å². The highest BCUT2D eigenvalue weighted by atomic mass is 19.4. The zero-order valence-electron chi connectivity index (χ0n) is 12.7. The maximum Gasteiger partial charge on any atom is 0.416 e. The van der Waals surface area contributed by atoms with Gasteiger partial charge in [-0.05, 0) is 50.9 Å². The third-order valence-corrected chi connectivity index (χ3v) is 4.84. The minimum Gasteiger partial charge on any atom is -0.493 e. The van der Waals surface area contributed by atoms with Crippen LogP contribution >= 0.6 is 0 Å². The summed E-state index contributed by atoms with van der Waals surface area (Å²) in [6.07, 6.45) is -0.164. The first-order valence-electron chi connectivity index (χ1n) is 7.52. The van der Waals surface area contributed by atoms with Gasteiger partial charge in [-0.1, -0.05) is 0 Å². The van der Waals surface area contributed by atoms with E-state index in [-0.39, 0.29) is 11.9 Å². The molecule has 1 unspecified atom stereocenters. The maximum atomic E-state index is 12.7. The van der Waals surface area contributed by atoms with Gasteiger partial charge < -0.3 is 14.4 Å². The van der Waals surface area contributed by atoms with E-state index in [0.29, 0.717) is 17.8 Å². The van der Waals surface area contributed by atoms with Crippen LogP contribution in [0.3, 0.4) is 0 Å². The van der Waals surface area contributed by atoms with Crippen molar-refractivity contribution in [3.05, 3.63) is 23.8 Å². The number of halogens is 3. The van der Waals surface area contributed by atoms with Crippen molar-refractivity contribution in [3.8, 4) is 11.5 Å². The van der Waals surface area contributed by atoms with Gasteiger partial charge in [-0.15, -0.1) is 0 Å². The molecule has 2 fully saturated rings. The molecule has 3 nitrogen and oxygen atoms in total. The summed E-state index contributed by atoms with van der Waals surface area (Å²) in [6, 6.07) is 4.44. The summed E-state index contributed by atoms with van der Waals surface area (Å²) in [5.41, 5.74) is -0.722. The van der Waals surface area contributed by atoms with Gasteiger partial charge in [0.25, 0.3) is 0 Å². The number of nitrogens with zero attached hydrogens (tertiary/aromatic N) is 1. The van der Waals surface area contributed by atoms with Gasteiger partial charge in [-0.2, -0.15) is 13.2 Å². The molecule has 0 N–H and O–H groups in total. The molecule has 0 spiro atoms. The minimum atomic E-state index is -4.38. The minimum absolute atomic E-state index is 0.0411. The summed E-state index contributed by atoms with van der Waals surface area (Å²) in [6.45, 7) is 0.